The fraction of sp³-hybridized carbons (Fsp3) is 1.00. The molecule has 3 saturated carbocycles. The molecule has 0 bridgehead atoms. The highest BCUT2D eigenvalue weighted by atomic mass is 14.4. The predicted octanol–water partition coefficient (Wildman–Crippen LogP) is 9.57. The Balaban J connectivity index is 1.59. The molecule has 0 heterocycles. The molecular formula is C28H52. The molecule has 0 aromatic carbocycles. The van der Waals surface area contributed by atoms with Crippen LogP contribution in [0.25, 0.3) is 0 Å². The molecule has 3 aliphatic carbocycles. The summed E-state index contributed by atoms with van der Waals surface area (Å²) in [7, 11) is 0. The van der Waals surface area contributed by atoms with Gasteiger partial charge >= 0.3 is 0 Å². The molecular weight excluding hydrogens is 336 g/mol. The Kier molecular flexibility index (Phi) is 10.2. The third kappa shape index (κ3) is 7.05. The average Bonchev–Trinajstić information content (AvgIpc) is 2.75. The fourth-order valence-corrected chi connectivity index (χ4v) is 7.59. The molecule has 3 fully saturated rings. The van der Waals surface area contributed by atoms with E-state index in [1.54, 1.807) is 64.2 Å². The molecule has 28 heavy (non-hydrogen) atoms. The molecule has 3 aliphatic rings. The van der Waals surface area contributed by atoms with Gasteiger partial charge in [0.25, 0.3) is 0 Å². The van der Waals surface area contributed by atoms with Crippen molar-refractivity contribution in [1.29, 1.82) is 0 Å². The van der Waals surface area contributed by atoms with E-state index < -0.39 is 0 Å². The molecule has 2 atom stereocenters. The van der Waals surface area contributed by atoms with Gasteiger partial charge < -0.3 is 0 Å². The Hall–Kier alpha value is 0. The lowest BCUT2D eigenvalue weighted by atomic mass is 9.66. The van der Waals surface area contributed by atoms with Gasteiger partial charge in [-0.2, -0.15) is 0 Å². The van der Waals surface area contributed by atoms with Crippen molar-refractivity contribution in [2.45, 2.75) is 142 Å². The minimum atomic E-state index is 1.06. The minimum Gasteiger partial charge on any atom is -0.0654 e. The first-order valence-electron chi connectivity index (χ1n) is 13.8. The number of hydrogen-bond acceptors (Lipinski definition) is 0. The molecule has 0 aliphatic heterocycles. The molecule has 164 valence electrons. The highest BCUT2D eigenvalue weighted by Gasteiger charge is 2.32. The quantitative estimate of drug-likeness (QED) is 0.349. The summed E-state index contributed by atoms with van der Waals surface area (Å²) in [6.45, 7) is 4.82. The fourth-order valence-electron chi connectivity index (χ4n) is 7.59. The summed E-state index contributed by atoms with van der Waals surface area (Å²) in [5, 5.41) is 0. The van der Waals surface area contributed by atoms with Crippen LogP contribution in [0.5, 0.6) is 0 Å². The zero-order valence-corrected chi connectivity index (χ0v) is 19.6. The first-order valence-corrected chi connectivity index (χ1v) is 13.8. The number of rotatable bonds is 10. The van der Waals surface area contributed by atoms with Crippen LogP contribution >= 0.6 is 0 Å². The van der Waals surface area contributed by atoms with E-state index in [-0.39, 0.29) is 0 Å². The van der Waals surface area contributed by atoms with Gasteiger partial charge in [-0.25, -0.2) is 0 Å². The number of hydrogen-bond donors (Lipinski definition) is 0. The molecule has 0 amide bonds. The van der Waals surface area contributed by atoms with Crippen LogP contribution in [-0.4, -0.2) is 0 Å². The van der Waals surface area contributed by atoms with E-state index in [9.17, 15) is 0 Å². The van der Waals surface area contributed by atoms with Crippen LogP contribution in [-0.2, 0) is 0 Å². The van der Waals surface area contributed by atoms with E-state index in [1.165, 1.54) is 64.2 Å². The van der Waals surface area contributed by atoms with Crippen LogP contribution in [0.1, 0.15) is 142 Å². The predicted molar refractivity (Wildman–Crippen MR) is 125 cm³/mol. The standard InChI is InChI=1S/C28H52/c1-3-11-23-17-19-24(20-18-23)21-28(26-15-9-6-10-16-26)22-27(12-4-2)25-13-7-5-8-14-25/h23-28H,3-22H2,1-2H3. The van der Waals surface area contributed by atoms with Crippen molar-refractivity contribution < 1.29 is 0 Å². The van der Waals surface area contributed by atoms with E-state index in [4.69, 9.17) is 0 Å². The normalized spacial score (nSPS) is 30.2. The summed E-state index contributed by atoms with van der Waals surface area (Å²) in [6, 6.07) is 0. The molecule has 0 radical (unpaired) electrons. The summed E-state index contributed by atoms with van der Waals surface area (Å²) in [5.74, 6) is 6.46. The van der Waals surface area contributed by atoms with Gasteiger partial charge in [-0.05, 0) is 48.3 Å². The lowest BCUT2D eigenvalue weighted by Gasteiger charge is -2.39. The van der Waals surface area contributed by atoms with Gasteiger partial charge in [-0.15, -0.1) is 0 Å². The van der Waals surface area contributed by atoms with Crippen LogP contribution in [0.15, 0.2) is 0 Å². The van der Waals surface area contributed by atoms with Crippen molar-refractivity contribution in [2.75, 3.05) is 0 Å². The first-order chi connectivity index (χ1) is 13.8. The summed E-state index contributed by atoms with van der Waals surface area (Å²) in [6.07, 6.45) is 30.7. The molecule has 0 heteroatoms. The van der Waals surface area contributed by atoms with E-state index in [0.29, 0.717) is 0 Å². The Bertz CT molecular complexity index is 379. The van der Waals surface area contributed by atoms with E-state index >= 15 is 0 Å². The van der Waals surface area contributed by atoms with Gasteiger partial charge in [-0.1, -0.05) is 129 Å². The second-order valence-electron chi connectivity index (χ2n) is 11.3. The van der Waals surface area contributed by atoms with Crippen molar-refractivity contribution in [2.24, 2.45) is 35.5 Å². The zero-order valence-electron chi connectivity index (χ0n) is 19.6. The summed E-state index contributed by atoms with van der Waals surface area (Å²) < 4.78 is 0. The maximum Gasteiger partial charge on any atom is -0.0380 e. The molecule has 0 aromatic heterocycles. The van der Waals surface area contributed by atoms with Gasteiger partial charge in [0.15, 0.2) is 0 Å². The maximum atomic E-state index is 2.44. The van der Waals surface area contributed by atoms with E-state index in [1.807, 2.05) is 0 Å². The minimum absolute atomic E-state index is 1.06. The molecule has 0 aromatic rings. The maximum absolute atomic E-state index is 2.44. The Morgan fingerprint density at radius 2 is 1.11 bits per heavy atom. The van der Waals surface area contributed by atoms with Crippen LogP contribution in [0, 0.1) is 35.5 Å². The smallest absolute Gasteiger partial charge is 0.0380 e. The summed E-state index contributed by atoms with van der Waals surface area (Å²) >= 11 is 0. The van der Waals surface area contributed by atoms with Gasteiger partial charge in [-0.3, -0.25) is 0 Å². The van der Waals surface area contributed by atoms with E-state index in [0.717, 1.165) is 35.5 Å². The van der Waals surface area contributed by atoms with Crippen molar-refractivity contribution >= 4 is 0 Å². The Labute approximate surface area is 178 Å². The SMILES string of the molecule is CCCC1CCC(CC(CC(CCC)C2CCCCC2)C2CCCCC2)CC1. The largest absolute Gasteiger partial charge is 0.0654 e. The van der Waals surface area contributed by atoms with Crippen LogP contribution in [0.3, 0.4) is 0 Å². The third-order valence-corrected chi connectivity index (χ3v) is 9.20. The summed E-state index contributed by atoms with van der Waals surface area (Å²) in [4.78, 5) is 0. The van der Waals surface area contributed by atoms with Crippen molar-refractivity contribution in [3.63, 3.8) is 0 Å². The molecule has 0 nitrogen and oxygen atoms in total. The molecule has 0 N–H and O–H groups in total. The third-order valence-electron chi connectivity index (χ3n) is 9.20. The second kappa shape index (κ2) is 12.6. The van der Waals surface area contributed by atoms with Crippen LogP contribution < -0.4 is 0 Å². The molecule has 0 spiro atoms. The molecule has 3 rings (SSSR count). The molecule has 2 unspecified atom stereocenters. The second-order valence-corrected chi connectivity index (χ2v) is 11.3. The zero-order chi connectivity index (χ0) is 19.6. The van der Waals surface area contributed by atoms with E-state index in [2.05, 4.69) is 13.8 Å². The summed E-state index contributed by atoms with van der Waals surface area (Å²) in [5.41, 5.74) is 0. The van der Waals surface area contributed by atoms with Crippen molar-refractivity contribution in [1.82, 2.24) is 0 Å². The van der Waals surface area contributed by atoms with Crippen molar-refractivity contribution in [3.05, 3.63) is 0 Å². The first kappa shape index (κ1) is 22.7. The Morgan fingerprint density at radius 3 is 1.64 bits per heavy atom. The van der Waals surface area contributed by atoms with Gasteiger partial charge in [0.2, 0.25) is 0 Å². The van der Waals surface area contributed by atoms with Crippen molar-refractivity contribution in [3.8, 4) is 0 Å². The Morgan fingerprint density at radius 1 is 0.571 bits per heavy atom. The highest BCUT2D eigenvalue weighted by molar-refractivity contribution is 4.84. The monoisotopic (exact) mass is 388 g/mol. The average molecular weight is 389 g/mol. The lowest BCUT2D eigenvalue weighted by Crippen LogP contribution is -2.28. The van der Waals surface area contributed by atoms with Gasteiger partial charge in [0, 0.05) is 0 Å². The van der Waals surface area contributed by atoms with Crippen LogP contribution in [0.4, 0.5) is 0 Å². The van der Waals surface area contributed by atoms with Gasteiger partial charge in [0.1, 0.15) is 0 Å². The van der Waals surface area contributed by atoms with Gasteiger partial charge in [0.05, 0.1) is 0 Å². The highest BCUT2D eigenvalue weighted by Crippen LogP contribution is 2.44. The topological polar surface area (TPSA) is 0 Å². The van der Waals surface area contributed by atoms with Crippen LogP contribution in [0.2, 0.25) is 0 Å². The lowest BCUT2D eigenvalue weighted by molar-refractivity contribution is 0.118. The molecule has 0 saturated heterocycles.